The zero-order valence-electron chi connectivity index (χ0n) is 14.2. The quantitative estimate of drug-likeness (QED) is 0.741. The molecular weight excluding hydrogens is 316 g/mol. The standard InChI is InChI=1S/C18H22N6O/c1-13(23-18-16-17(20-11-19-16)21-12-22-18)15-10-24(7-8-25-15)9-14-5-3-2-4-6-14/h2-6,11-13,15H,7-10H2,1H3,(H2,19,20,21,22,23)/t13-,15+/m1/s1. The second kappa shape index (κ2) is 7.16. The highest BCUT2D eigenvalue weighted by Gasteiger charge is 2.26. The van der Waals surface area contributed by atoms with E-state index in [2.05, 4.69) is 67.4 Å². The number of fused-ring (bicyclic) bond motifs is 1. The van der Waals surface area contributed by atoms with Crippen LogP contribution in [0.3, 0.4) is 0 Å². The van der Waals surface area contributed by atoms with Gasteiger partial charge in [-0.2, -0.15) is 0 Å². The summed E-state index contributed by atoms with van der Waals surface area (Å²) >= 11 is 0. The number of nitrogens with one attached hydrogen (secondary N) is 2. The maximum absolute atomic E-state index is 6.00. The molecule has 1 aromatic carbocycles. The van der Waals surface area contributed by atoms with Gasteiger partial charge in [-0.3, -0.25) is 4.90 Å². The van der Waals surface area contributed by atoms with E-state index in [1.807, 2.05) is 0 Å². The lowest BCUT2D eigenvalue weighted by Crippen LogP contribution is -2.48. The number of benzene rings is 1. The molecule has 1 saturated heterocycles. The van der Waals surface area contributed by atoms with Crippen LogP contribution in [-0.4, -0.2) is 56.7 Å². The minimum Gasteiger partial charge on any atom is -0.373 e. The summed E-state index contributed by atoms with van der Waals surface area (Å²) in [6.07, 6.45) is 3.26. The minimum atomic E-state index is 0.102. The Morgan fingerprint density at radius 3 is 3.04 bits per heavy atom. The summed E-state index contributed by atoms with van der Waals surface area (Å²) in [7, 11) is 0. The lowest BCUT2D eigenvalue weighted by molar-refractivity contribution is -0.0374. The van der Waals surface area contributed by atoms with E-state index in [1.165, 1.54) is 11.9 Å². The Morgan fingerprint density at radius 2 is 2.16 bits per heavy atom. The number of hydrogen-bond donors (Lipinski definition) is 2. The first-order valence-corrected chi connectivity index (χ1v) is 8.58. The van der Waals surface area contributed by atoms with Gasteiger partial charge in [-0.05, 0) is 12.5 Å². The summed E-state index contributed by atoms with van der Waals surface area (Å²) in [5.41, 5.74) is 2.82. The molecule has 1 fully saturated rings. The average Bonchev–Trinajstić information content (AvgIpc) is 3.13. The van der Waals surface area contributed by atoms with Crippen molar-refractivity contribution in [2.45, 2.75) is 25.6 Å². The molecule has 130 valence electrons. The highest BCUT2D eigenvalue weighted by molar-refractivity contribution is 5.82. The van der Waals surface area contributed by atoms with Crippen LogP contribution in [-0.2, 0) is 11.3 Å². The van der Waals surface area contributed by atoms with Crippen LogP contribution in [0.25, 0.3) is 11.2 Å². The topological polar surface area (TPSA) is 79.0 Å². The Bertz CT molecular complexity index is 821. The molecule has 0 amide bonds. The number of ether oxygens (including phenoxy) is 1. The molecule has 0 saturated carbocycles. The fourth-order valence-electron chi connectivity index (χ4n) is 3.20. The van der Waals surface area contributed by atoms with E-state index in [1.54, 1.807) is 6.33 Å². The molecular formula is C18H22N6O. The monoisotopic (exact) mass is 338 g/mol. The predicted molar refractivity (Wildman–Crippen MR) is 96.2 cm³/mol. The van der Waals surface area contributed by atoms with Crippen molar-refractivity contribution in [3.8, 4) is 0 Å². The summed E-state index contributed by atoms with van der Waals surface area (Å²) in [4.78, 5) is 18.2. The first-order valence-electron chi connectivity index (χ1n) is 8.58. The van der Waals surface area contributed by atoms with Crippen molar-refractivity contribution < 1.29 is 4.74 Å². The third kappa shape index (κ3) is 3.62. The third-order valence-electron chi connectivity index (χ3n) is 4.57. The second-order valence-corrected chi connectivity index (χ2v) is 6.39. The number of H-pyrrole nitrogens is 1. The molecule has 7 heteroatoms. The molecule has 4 rings (SSSR count). The van der Waals surface area contributed by atoms with Gasteiger partial charge in [0.05, 0.1) is 25.1 Å². The number of aromatic nitrogens is 4. The average molecular weight is 338 g/mol. The summed E-state index contributed by atoms with van der Waals surface area (Å²) < 4.78 is 6.00. The normalized spacial score (nSPS) is 19.8. The van der Waals surface area contributed by atoms with Crippen LogP contribution in [0.15, 0.2) is 43.0 Å². The van der Waals surface area contributed by atoms with E-state index >= 15 is 0 Å². The Morgan fingerprint density at radius 1 is 1.28 bits per heavy atom. The van der Waals surface area contributed by atoms with E-state index in [4.69, 9.17) is 4.74 Å². The molecule has 25 heavy (non-hydrogen) atoms. The van der Waals surface area contributed by atoms with Crippen molar-refractivity contribution in [2.24, 2.45) is 0 Å². The number of imidazole rings is 1. The van der Waals surface area contributed by atoms with Gasteiger partial charge in [0.2, 0.25) is 0 Å². The molecule has 7 nitrogen and oxygen atoms in total. The lowest BCUT2D eigenvalue weighted by Gasteiger charge is -2.36. The van der Waals surface area contributed by atoms with Crippen molar-refractivity contribution >= 4 is 17.0 Å². The van der Waals surface area contributed by atoms with Gasteiger partial charge < -0.3 is 15.0 Å². The number of rotatable bonds is 5. The van der Waals surface area contributed by atoms with Gasteiger partial charge in [-0.15, -0.1) is 0 Å². The van der Waals surface area contributed by atoms with Crippen LogP contribution in [0.1, 0.15) is 12.5 Å². The van der Waals surface area contributed by atoms with Crippen LogP contribution >= 0.6 is 0 Å². The summed E-state index contributed by atoms with van der Waals surface area (Å²) in [5.74, 6) is 0.763. The van der Waals surface area contributed by atoms with Gasteiger partial charge in [0.15, 0.2) is 11.5 Å². The molecule has 2 aromatic heterocycles. The number of hydrogen-bond acceptors (Lipinski definition) is 6. The molecule has 1 aliphatic rings. The van der Waals surface area contributed by atoms with Gasteiger partial charge in [0.1, 0.15) is 11.8 Å². The molecule has 1 aliphatic heterocycles. The molecule has 2 atom stereocenters. The lowest BCUT2D eigenvalue weighted by atomic mass is 10.1. The van der Waals surface area contributed by atoms with E-state index in [0.29, 0.717) is 5.65 Å². The van der Waals surface area contributed by atoms with Crippen LogP contribution < -0.4 is 5.32 Å². The maximum Gasteiger partial charge on any atom is 0.182 e. The van der Waals surface area contributed by atoms with Crippen molar-refractivity contribution in [3.05, 3.63) is 48.5 Å². The molecule has 3 aromatic rings. The van der Waals surface area contributed by atoms with Gasteiger partial charge in [-0.25, -0.2) is 15.0 Å². The van der Waals surface area contributed by atoms with Crippen molar-refractivity contribution in [3.63, 3.8) is 0 Å². The molecule has 0 unspecified atom stereocenters. The molecule has 0 radical (unpaired) electrons. The van der Waals surface area contributed by atoms with Gasteiger partial charge >= 0.3 is 0 Å². The van der Waals surface area contributed by atoms with E-state index in [-0.39, 0.29) is 12.1 Å². The van der Waals surface area contributed by atoms with E-state index in [0.717, 1.165) is 37.6 Å². The number of morpholine rings is 1. The Labute approximate surface area is 146 Å². The fourth-order valence-corrected chi connectivity index (χ4v) is 3.20. The highest BCUT2D eigenvalue weighted by Crippen LogP contribution is 2.19. The Hall–Kier alpha value is -2.51. The van der Waals surface area contributed by atoms with E-state index in [9.17, 15) is 0 Å². The van der Waals surface area contributed by atoms with Gasteiger partial charge in [0.25, 0.3) is 0 Å². The van der Waals surface area contributed by atoms with E-state index < -0.39 is 0 Å². The smallest absolute Gasteiger partial charge is 0.182 e. The van der Waals surface area contributed by atoms with Crippen molar-refractivity contribution in [2.75, 3.05) is 25.0 Å². The first kappa shape index (κ1) is 16.0. The number of anilines is 1. The fraction of sp³-hybridized carbons (Fsp3) is 0.389. The summed E-state index contributed by atoms with van der Waals surface area (Å²) in [6, 6.07) is 10.7. The highest BCUT2D eigenvalue weighted by atomic mass is 16.5. The molecule has 2 N–H and O–H groups in total. The maximum atomic E-state index is 6.00. The zero-order valence-corrected chi connectivity index (χ0v) is 14.2. The number of nitrogens with zero attached hydrogens (tertiary/aromatic N) is 4. The third-order valence-corrected chi connectivity index (χ3v) is 4.57. The van der Waals surface area contributed by atoms with Crippen LogP contribution in [0.5, 0.6) is 0 Å². The predicted octanol–water partition coefficient (Wildman–Crippen LogP) is 2.05. The van der Waals surface area contributed by atoms with Crippen molar-refractivity contribution in [1.82, 2.24) is 24.8 Å². The van der Waals surface area contributed by atoms with Gasteiger partial charge in [0, 0.05) is 19.6 Å². The summed E-state index contributed by atoms with van der Waals surface area (Å²) in [6.45, 7) is 5.66. The minimum absolute atomic E-state index is 0.102. The molecule has 0 bridgehead atoms. The SMILES string of the molecule is C[C@@H](Nc1ncnc2nc[nH]c12)[C@@H]1CN(Cc2ccccc2)CCO1. The second-order valence-electron chi connectivity index (χ2n) is 6.39. The van der Waals surface area contributed by atoms with Crippen LogP contribution in [0, 0.1) is 0 Å². The van der Waals surface area contributed by atoms with Gasteiger partial charge in [-0.1, -0.05) is 30.3 Å². The van der Waals surface area contributed by atoms with Crippen LogP contribution in [0.2, 0.25) is 0 Å². The Kier molecular flexibility index (Phi) is 4.58. The van der Waals surface area contributed by atoms with Crippen LogP contribution in [0.4, 0.5) is 5.82 Å². The molecule has 0 spiro atoms. The number of aromatic amines is 1. The van der Waals surface area contributed by atoms with Crippen molar-refractivity contribution in [1.29, 1.82) is 0 Å². The molecule has 3 heterocycles. The first-order chi connectivity index (χ1) is 12.3. The largest absolute Gasteiger partial charge is 0.373 e. The Balaban J connectivity index is 1.41. The summed E-state index contributed by atoms with van der Waals surface area (Å²) in [5, 5.41) is 3.45. The molecule has 0 aliphatic carbocycles. The zero-order chi connectivity index (χ0) is 17.1.